The van der Waals surface area contributed by atoms with Crippen molar-refractivity contribution in [3.8, 4) is 22.6 Å². The number of carboxylic acid groups (broad SMARTS) is 1. The molecule has 184 valence electrons. The van der Waals surface area contributed by atoms with Crippen molar-refractivity contribution in [2.24, 2.45) is 0 Å². The smallest absolute Gasteiger partial charge is 0.335 e. The first-order valence-corrected chi connectivity index (χ1v) is 12.2. The highest BCUT2D eigenvalue weighted by Crippen LogP contribution is 2.31. The Kier molecular flexibility index (Phi) is 7.90. The summed E-state index contributed by atoms with van der Waals surface area (Å²) in [5.41, 5.74) is 4.09. The standard InChI is InChI=1S/C28H24FNO5S/c1-19-15-21(18-30(36(33)34)17-20-7-10-22(11-8-20)28(31)32)9-13-25(19)23-12-14-27(26(29)16-23)35-24-5-3-2-4-6-24/h2-16H,17-18H2,1H3,(H,31,32)(H,33,34). The number of rotatable bonds is 9. The van der Waals surface area contributed by atoms with Crippen LogP contribution in [0, 0.1) is 12.7 Å². The van der Waals surface area contributed by atoms with Gasteiger partial charge in [-0.3, -0.25) is 4.55 Å². The van der Waals surface area contributed by atoms with Gasteiger partial charge in [0.15, 0.2) is 11.6 Å². The van der Waals surface area contributed by atoms with Gasteiger partial charge >= 0.3 is 5.97 Å². The first kappa shape index (κ1) is 25.2. The third kappa shape index (κ3) is 6.23. The van der Waals surface area contributed by atoms with Crippen LogP contribution in [0.3, 0.4) is 0 Å². The lowest BCUT2D eigenvalue weighted by atomic mass is 9.98. The molecule has 1 unspecified atom stereocenters. The van der Waals surface area contributed by atoms with Crippen molar-refractivity contribution < 1.29 is 27.8 Å². The Morgan fingerprint density at radius 3 is 2.19 bits per heavy atom. The van der Waals surface area contributed by atoms with Gasteiger partial charge in [0.25, 0.3) is 0 Å². The molecule has 8 heteroatoms. The molecule has 0 radical (unpaired) electrons. The van der Waals surface area contributed by atoms with Crippen LogP contribution in [0.15, 0.2) is 91.0 Å². The highest BCUT2D eigenvalue weighted by molar-refractivity contribution is 7.76. The molecule has 0 spiro atoms. The summed E-state index contributed by atoms with van der Waals surface area (Å²) in [6.07, 6.45) is 0. The Labute approximate surface area is 211 Å². The van der Waals surface area contributed by atoms with E-state index >= 15 is 0 Å². The van der Waals surface area contributed by atoms with Gasteiger partial charge in [-0.15, -0.1) is 0 Å². The van der Waals surface area contributed by atoms with E-state index in [0.717, 1.165) is 16.7 Å². The van der Waals surface area contributed by atoms with Crippen molar-refractivity contribution in [3.63, 3.8) is 0 Å². The number of hydrogen-bond donors (Lipinski definition) is 2. The van der Waals surface area contributed by atoms with Crippen LogP contribution in [-0.2, 0) is 24.4 Å². The number of hydrogen-bond acceptors (Lipinski definition) is 3. The van der Waals surface area contributed by atoms with Gasteiger partial charge in [0.05, 0.1) is 5.56 Å². The van der Waals surface area contributed by atoms with Crippen LogP contribution < -0.4 is 4.74 Å². The lowest BCUT2D eigenvalue weighted by molar-refractivity contribution is 0.0697. The van der Waals surface area contributed by atoms with E-state index in [4.69, 9.17) is 9.84 Å². The number of halogens is 1. The molecule has 0 saturated heterocycles. The van der Waals surface area contributed by atoms with Crippen LogP contribution in [0.4, 0.5) is 4.39 Å². The summed E-state index contributed by atoms with van der Waals surface area (Å²) in [6.45, 7) is 2.26. The maximum atomic E-state index is 14.7. The second kappa shape index (κ2) is 11.3. The van der Waals surface area contributed by atoms with E-state index in [1.807, 2.05) is 43.3 Å². The fourth-order valence-corrected chi connectivity index (χ4v) is 4.36. The Hall–Kier alpha value is -3.85. The number of carboxylic acids is 1. The number of aromatic carboxylic acids is 1. The summed E-state index contributed by atoms with van der Waals surface area (Å²) in [5, 5.41) is 9.03. The summed E-state index contributed by atoms with van der Waals surface area (Å²) in [4.78, 5) is 11.0. The second-order valence-corrected chi connectivity index (χ2v) is 9.22. The number of carbonyl (C=O) groups is 1. The topological polar surface area (TPSA) is 87.1 Å². The second-order valence-electron chi connectivity index (χ2n) is 8.24. The summed E-state index contributed by atoms with van der Waals surface area (Å²) >= 11 is -2.24. The van der Waals surface area contributed by atoms with E-state index in [9.17, 15) is 17.9 Å². The highest BCUT2D eigenvalue weighted by atomic mass is 32.2. The zero-order valence-corrected chi connectivity index (χ0v) is 20.2. The maximum Gasteiger partial charge on any atom is 0.335 e. The molecule has 0 bridgehead atoms. The number of ether oxygens (including phenoxy) is 1. The average molecular weight is 506 g/mol. The quantitative estimate of drug-likeness (QED) is 0.256. The van der Waals surface area contributed by atoms with Crippen LogP contribution in [0.5, 0.6) is 11.5 Å². The van der Waals surface area contributed by atoms with E-state index in [1.54, 1.807) is 36.4 Å². The molecule has 2 N–H and O–H groups in total. The van der Waals surface area contributed by atoms with Crippen LogP contribution in [-0.4, -0.2) is 24.1 Å². The summed E-state index contributed by atoms with van der Waals surface area (Å²) < 4.78 is 43.5. The monoisotopic (exact) mass is 505 g/mol. The molecule has 0 aliphatic rings. The van der Waals surface area contributed by atoms with Crippen LogP contribution in [0.25, 0.3) is 11.1 Å². The van der Waals surface area contributed by atoms with Gasteiger partial charge in [-0.2, -0.15) is 4.31 Å². The lowest BCUT2D eigenvalue weighted by Gasteiger charge is -2.19. The largest absolute Gasteiger partial charge is 0.478 e. The van der Waals surface area contributed by atoms with E-state index in [2.05, 4.69) is 0 Å². The third-order valence-electron chi connectivity index (χ3n) is 5.64. The van der Waals surface area contributed by atoms with Gasteiger partial charge < -0.3 is 9.84 Å². The molecule has 0 fully saturated rings. The average Bonchev–Trinajstić information content (AvgIpc) is 2.86. The van der Waals surface area contributed by atoms with Crippen molar-refractivity contribution in [3.05, 3.63) is 119 Å². The maximum absolute atomic E-state index is 14.7. The predicted octanol–water partition coefficient (Wildman–Crippen LogP) is 6.43. The molecule has 4 rings (SSSR count). The minimum atomic E-state index is -2.24. The van der Waals surface area contributed by atoms with E-state index in [1.165, 1.54) is 22.5 Å². The number of nitrogens with zero attached hydrogens (tertiary/aromatic N) is 1. The van der Waals surface area contributed by atoms with Crippen LogP contribution >= 0.6 is 0 Å². The Bertz CT molecular complexity index is 1390. The summed E-state index contributed by atoms with van der Waals surface area (Å²) in [6, 6.07) is 25.6. The molecule has 0 amide bonds. The normalized spacial score (nSPS) is 11.9. The van der Waals surface area contributed by atoms with Gasteiger partial charge in [-0.25, -0.2) is 13.4 Å². The molecule has 4 aromatic carbocycles. The first-order chi connectivity index (χ1) is 17.3. The third-order valence-corrected chi connectivity index (χ3v) is 6.34. The fraction of sp³-hybridized carbons (Fsp3) is 0.107. The molecule has 0 heterocycles. The minimum absolute atomic E-state index is 0.136. The van der Waals surface area contributed by atoms with Gasteiger partial charge in [0, 0.05) is 13.1 Å². The van der Waals surface area contributed by atoms with Gasteiger partial charge in [-0.05, 0) is 71.1 Å². The van der Waals surface area contributed by atoms with Crippen molar-refractivity contribution in [2.45, 2.75) is 20.0 Å². The van der Waals surface area contributed by atoms with Crippen molar-refractivity contribution in [2.75, 3.05) is 0 Å². The highest BCUT2D eigenvalue weighted by Gasteiger charge is 2.15. The number of benzene rings is 4. The zero-order chi connectivity index (χ0) is 25.7. The van der Waals surface area contributed by atoms with Crippen molar-refractivity contribution >= 4 is 17.2 Å². The minimum Gasteiger partial charge on any atom is -0.478 e. The van der Waals surface area contributed by atoms with Crippen LogP contribution in [0.2, 0.25) is 0 Å². The van der Waals surface area contributed by atoms with E-state index < -0.39 is 23.1 Å². The first-order valence-electron chi connectivity index (χ1n) is 11.1. The molecule has 0 aromatic heterocycles. The molecule has 36 heavy (non-hydrogen) atoms. The number of para-hydroxylation sites is 1. The van der Waals surface area contributed by atoms with Gasteiger partial charge in [-0.1, -0.05) is 54.6 Å². The summed E-state index contributed by atoms with van der Waals surface area (Å²) in [5.74, 6) is -0.821. The van der Waals surface area contributed by atoms with Gasteiger partial charge in [0.2, 0.25) is 11.3 Å². The Balaban J connectivity index is 1.49. The SMILES string of the molecule is Cc1cc(CN(Cc2ccc(C(=O)O)cc2)S(=O)O)ccc1-c1ccc(Oc2ccccc2)c(F)c1. The Morgan fingerprint density at radius 2 is 1.58 bits per heavy atom. The molecule has 4 aromatic rings. The van der Waals surface area contributed by atoms with E-state index in [-0.39, 0.29) is 24.4 Å². The van der Waals surface area contributed by atoms with Crippen molar-refractivity contribution in [1.82, 2.24) is 4.31 Å². The van der Waals surface area contributed by atoms with Crippen LogP contribution in [0.1, 0.15) is 27.0 Å². The van der Waals surface area contributed by atoms with Gasteiger partial charge in [0.1, 0.15) is 5.75 Å². The molecule has 0 aliphatic heterocycles. The summed E-state index contributed by atoms with van der Waals surface area (Å²) in [7, 11) is 0. The molecular weight excluding hydrogens is 481 g/mol. The Morgan fingerprint density at radius 1 is 0.917 bits per heavy atom. The van der Waals surface area contributed by atoms with E-state index in [0.29, 0.717) is 16.9 Å². The fourth-order valence-electron chi connectivity index (χ4n) is 3.84. The lowest BCUT2D eigenvalue weighted by Crippen LogP contribution is -2.24. The van der Waals surface area contributed by atoms with Crippen molar-refractivity contribution in [1.29, 1.82) is 0 Å². The molecule has 0 saturated carbocycles. The molecule has 6 nitrogen and oxygen atoms in total. The molecule has 0 aliphatic carbocycles. The predicted molar refractivity (Wildman–Crippen MR) is 137 cm³/mol. The number of aryl methyl sites for hydroxylation is 1. The molecule has 1 atom stereocenters. The zero-order valence-electron chi connectivity index (χ0n) is 19.4. The molecular formula is C28H24FNO5S.